The maximum absolute atomic E-state index is 11.7. The number of fused-ring (bicyclic) bond motifs is 1. The van der Waals surface area contributed by atoms with Crippen LogP contribution in [-0.4, -0.2) is 18.2 Å². The number of hydrogen-bond donors (Lipinski definition) is 1. The number of benzene rings is 1. The summed E-state index contributed by atoms with van der Waals surface area (Å²) in [6, 6.07) is 6.61. The van der Waals surface area contributed by atoms with E-state index in [1.165, 1.54) is 21.1 Å². The number of carbonyl (C=O) groups is 1. The first-order chi connectivity index (χ1) is 9.35. The second kappa shape index (κ2) is 6.33. The minimum Gasteiger partial charge on any atom is -0.444 e. The number of ether oxygens (including phenoxy) is 1. The molecule has 1 N–H and O–H groups in total. The molecule has 1 aromatic rings. The summed E-state index contributed by atoms with van der Waals surface area (Å²) in [6.07, 6.45) is 3.14. The van der Waals surface area contributed by atoms with E-state index in [1.54, 1.807) is 0 Å². The van der Waals surface area contributed by atoms with E-state index < -0.39 is 5.60 Å². The molecule has 3 nitrogen and oxygen atoms in total. The molecule has 1 aromatic carbocycles. The van der Waals surface area contributed by atoms with Crippen molar-refractivity contribution in [3.05, 3.63) is 32.9 Å². The van der Waals surface area contributed by atoms with Crippen LogP contribution in [0.25, 0.3) is 0 Å². The lowest BCUT2D eigenvalue weighted by molar-refractivity contribution is 0.0523. The fraction of sp³-hybridized carbons (Fsp3) is 0.562. The molecule has 4 heteroatoms. The summed E-state index contributed by atoms with van der Waals surface area (Å²) >= 11 is 2.35. The number of rotatable bonds is 2. The lowest BCUT2D eigenvalue weighted by atomic mass is 9.83. The molecule has 0 aromatic heterocycles. The van der Waals surface area contributed by atoms with Crippen molar-refractivity contribution in [2.75, 3.05) is 6.54 Å². The van der Waals surface area contributed by atoms with E-state index in [9.17, 15) is 4.79 Å². The van der Waals surface area contributed by atoms with Crippen molar-refractivity contribution in [3.8, 4) is 0 Å². The van der Waals surface area contributed by atoms with Gasteiger partial charge in [0, 0.05) is 16.0 Å². The van der Waals surface area contributed by atoms with Gasteiger partial charge in [0.2, 0.25) is 0 Å². The first-order valence-corrected chi connectivity index (χ1v) is 8.18. The molecule has 0 saturated carbocycles. The molecule has 20 heavy (non-hydrogen) atoms. The average Bonchev–Trinajstić information content (AvgIpc) is 2.33. The summed E-state index contributed by atoms with van der Waals surface area (Å²) in [5.41, 5.74) is 2.37. The average molecular weight is 387 g/mol. The number of amides is 1. The summed E-state index contributed by atoms with van der Waals surface area (Å²) in [4.78, 5) is 11.7. The lowest BCUT2D eigenvalue weighted by Gasteiger charge is -2.27. The molecule has 1 amide bonds. The second-order valence-electron chi connectivity index (χ2n) is 6.32. The molecule has 0 heterocycles. The fourth-order valence-electron chi connectivity index (χ4n) is 2.62. The molecular weight excluding hydrogens is 365 g/mol. The molecule has 110 valence electrons. The van der Waals surface area contributed by atoms with Crippen molar-refractivity contribution >= 4 is 28.7 Å². The number of carbonyl (C=O) groups excluding carboxylic acids is 1. The Morgan fingerprint density at radius 3 is 2.90 bits per heavy atom. The molecule has 1 aliphatic carbocycles. The van der Waals surface area contributed by atoms with E-state index in [2.05, 4.69) is 46.1 Å². The highest BCUT2D eigenvalue weighted by Crippen LogP contribution is 2.32. The lowest BCUT2D eigenvalue weighted by Crippen LogP contribution is -2.35. The quantitative estimate of drug-likeness (QED) is 0.772. The number of nitrogens with one attached hydrogen (secondary N) is 1. The Balaban J connectivity index is 1.97. The molecule has 1 atom stereocenters. The Hall–Kier alpha value is -0.780. The van der Waals surface area contributed by atoms with Gasteiger partial charge < -0.3 is 10.1 Å². The van der Waals surface area contributed by atoms with Crippen LogP contribution in [0.4, 0.5) is 4.79 Å². The molecule has 0 fully saturated rings. The largest absolute Gasteiger partial charge is 0.444 e. The van der Waals surface area contributed by atoms with Crippen LogP contribution in [0.15, 0.2) is 18.2 Å². The number of aryl methyl sites for hydroxylation is 1. The highest BCUT2D eigenvalue weighted by molar-refractivity contribution is 14.1. The summed E-state index contributed by atoms with van der Waals surface area (Å²) in [5, 5.41) is 2.90. The third-order valence-corrected chi connectivity index (χ3v) is 4.11. The molecule has 0 saturated heterocycles. The van der Waals surface area contributed by atoms with E-state index in [0.29, 0.717) is 12.5 Å². The zero-order chi connectivity index (χ0) is 14.8. The SMILES string of the molecule is CC(C)(C)OC(=O)NC[C@@H]1CCCc2cc(I)ccc21. The summed E-state index contributed by atoms with van der Waals surface area (Å²) in [5.74, 6) is 0.406. The van der Waals surface area contributed by atoms with Gasteiger partial charge in [0.05, 0.1) is 0 Å². The maximum Gasteiger partial charge on any atom is 0.407 e. The van der Waals surface area contributed by atoms with Gasteiger partial charge in [-0.15, -0.1) is 0 Å². The third-order valence-electron chi connectivity index (χ3n) is 3.44. The Morgan fingerprint density at radius 2 is 2.20 bits per heavy atom. The van der Waals surface area contributed by atoms with E-state index in [-0.39, 0.29) is 6.09 Å². The molecule has 0 unspecified atom stereocenters. The van der Waals surface area contributed by atoms with E-state index in [0.717, 1.165) is 12.8 Å². The van der Waals surface area contributed by atoms with E-state index in [1.807, 2.05) is 20.8 Å². The molecular formula is C16H22INO2. The monoisotopic (exact) mass is 387 g/mol. The van der Waals surface area contributed by atoms with E-state index >= 15 is 0 Å². The molecule has 0 aliphatic heterocycles. The summed E-state index contributed by atoms with van der Waals surface area (Å²) < 4.78 is 6.56. The normalized spacial score (nSPS) is 18.3. The van der Waals surface area contributed by atoms with Gasteiger partial charge in [0.1, 0.15) is 5.60 Å². The van der Waals surface area contributed by atoms with Crippen molar-refractivity contribution in [1.82, 2.24) is 5.32 Å². The van der Waals surface area contributed by atoms with Gasteiger partial charge in [0.15, 0.2) is 0 Å². The zero-order valence-electron chi connectivity index (χ0n) is 12.3. The van der Waals surface area contributed by atoms with Gasteiger partial charge in [-0.2, -0.15) is 0 Å². The first kappa shape index (κ1) is 15.6. The minimum atomic E-state index is -0.440. The van der Waals surface area contributed by atoms with Crippen molar-refractivity contribution in [3.63, 3.8) is 0 Å². The van der Waals surface area contributed by atoms with Crippen LogP contribution in [0.1, 0.15) is 50.7 Å². The summed E-state index contributed by atoms with van der Waals surface area (Å²) in [7, 11) is 0. The Kier molecular flexibility index (Phi) is 4.94. The Morgan fingerprint density at radius 1 is 1.45 bits per heavy atom. The molecule has 0 radical (unpaired) electrons. The number of halogens is 1. The smallest absolute Gasteiger partial charge is 0.407 e. The van der Waals surface area contributed by atoms with Crippen LogP contribution < -0.4 is 5.32 Å². The zero-order valence-corrected chi connectivity index (χ0v) is 14.5. The van der Waals surface area contributed by atoms with Crippen molar-refractivity contribution in [1.29, 1.82) is 0 Å². The number of hydrogen-bond acceptors (Lipinski definition) is 2. The third kappa shape index (κ3) is 4.36. The van der Waals surface area contributed by atoms with Crippen LogP contribution in [0.2, 0.25) is 0 Å². The maximum atomic E-state index is 11.7. The topological polar surface area (TPSA) is 38.3 Å². The van der Waals surface area contributed by atoms with Gasteiger partial charge in [-0.25, -0.2) is 4.79 Å². The Bertz CT molecular complexity index is 494. The number of alkyl carbamates (subject to hydrolysis) is 1. The van der Waals surface area contributed by atoms with Crippen molar-refractivity contribution < 1.29 is 9.53 Å². The van der Waals surface area contributed by atoms with E-state index in [4.69, 9.17) is 4.74 Å². The molecule has 0 spiro atoms. The van der Waals surface area contributed by atoms with Gasteiger partial charge in [-0.1, -0.05) is 6.07 Å². The predicted molar refractivity (Wildman–Crippen MR) is 89.1 cm³/mol. The predicted octanol–water partition coefficient (Wildman–Crippen LogP) is 4.24. The van der Waals surface area contributed by atoms with Crippen LogP contribution in [0.3, 0.4) is 0 Å². The van der Waals surface area contributed by atoms with Gasteiger partial charge >= 0.3 is 6.09 Å². The van der Waals surface area contributed by atoms with Gasteiger partial charge in [-0.3, -0.25) is 0 Å². The highest BCUT2D eigenvalue weighted by Gasteiger charge is 2.22. The standard InChI is InChI=1S/C16H22INO2/c1-16(2,3)20-15(19)18-10-12-6-4-5-11-9-13(17)7-8-14(11)12/h7-9,12H,4-6,10H2,1-3H3,(H,18,19)/t12-/m0/s1. The van der Waals surface area contributed by atoms with Crippen molar-refractivity contribution in [2.24, 2.45) is 0 Å². The molecule has 0 bridgehead atoms. The van der Waals surface area contributed by atoms with Crippen LogP contribution in [0.5, 0.6) is 0 Å². The van der Waals surface area contributed by atoms with Crippen LogP contribution >= 0.6 is 22.6 Å². The molecule has 1 aliphatic rings. The van der Waals surface area contributed by atoms with Gasteiger partial charge in [-0.05, 0) is 85.9 Å². The fourth-order valence-corrected chi connectivity index (χ4v) is 3.17. The second-order valence-corrected chi connectivity index (χ2v) is 7.56. The van der Waals surface area contributed by atoms with Crippen LogP contribution in [-0.2, 0) is 11.2 Å². The summed E-state index contributed by atoms with van der Waals surface area (Å²) in [6.45, 7) is 6.29. The Labute approximate surface area is 134 Å². The van der Waals surface area contributed by atoms with Crippen molar-refractivity contribution in [2.45, 2.75) is 51.6 Å². The van der Waals surface area contributed by atoms with Gasteiger partial charge in [0.25, 0.3) is 0 Å². The first-order valence-electron chi connectivity index (χ1n) is 7.10. The van der Waals surface area contributed by atoms with Crippen LogP contribution in [0, 0.1) is 3.57 Å². The highest BCUT2D eigenvalue weighted by atomic mass is 127. The minimum absolute atomic E-state index is 0.324. The molecule has 2 rings (SSSR count).